The van der Waals surface area contributed by atoms with Crippen molar-refractivity contribution in [3.8, 4) is 69.5 Å². The molecule has 632 valence electrons. The minimum absolute atomic E-state index is 0.0919. The van der Waals surface area contributed by atoms with Crippen LogP contribution < -0.4 is 28.4 Å². The zero-order valence-corrected chi connectivity index (χ0v) is 73.1. The summed E-state index contributed by atoms with van der Waals surface area (Å²) in [5.41, 5.74) is 17.0. The standard InChI is InChI=1S/C30H25NO2.C30H23NO2.C28H21NO2.C21H14.C10H10O2/c2*1-32-23-17-20(18-24(19-23)33-2)15-16-31-27-13-11-21-7-3-5-9-25(21)29(27)30-26-10-6-4-8-22(26)12-14-28(30)31;30-21-15-18(16-22(31)17-21)13-14-29-25-11-9-19-5-1-3-7-23(19)27(25)28-24-8-4-2-6-20(24)10-12-26(28)29;1-3-7-18-14(5-1)9-11-16-13-17-12-10-15-6-2-4-8-19(15)21(17)20(16)18;1-4-8-5-9(11-2)7-10(6-8)12-3/h3-14,17-19H,15-16H2,1-2H3;3-19H,1-2H3;1-12,15-17,30-31H,13-14H2;1-12H,13H2;1,5-7H,2-3H3. The molecule has 11 nitrogen and oxygen atoms in total. The maximum Gasteiger partial charge on any atom is 0.123 e. The molecule has 0 unspecified atom stereocenters. The van der Waals surface area contributed by atoms with Gasteiger partial charge in [0.15, 0.2) is 0 Å². The van der Waals surface area contributed by atoms with E-state index in [0.29, 0.717) is 17.9 Å². The van der Waals surface area contributed by atoms with Gasteiger partial charge in [0.2, 0.25) is 0 Å². The van der Waals surface area contributed by atoms with Gasteiger partial charge in [-0.25, -0.2) is 0 Å². The second kappa shape index (κ2) is 35.5. The summed E-state index contributed by atoms with van der Waals surface area (Å²) in [5, 5.41) is 48.1. The van der Waals surface area contributed by atoms with Crippen molar-refractivity contribution in [2.45, 2.75) is 32.4 Å². The maximum atomic E-state index is 9.86. The van der Waals surface area contributed by atoms with Crippen LogP contribution in [-0.2, 0) is 32.4 Å². The predicted molar refractivity (Wildman–Crippen MR) is 542 cm³/mol. The summed E-state index contributed by atoms with van der Waals surface area (Å²) in [4.78, 5) is 0. The predicted octanol–water partition coefficient (Wildman–Crippen LogP) is 29.1. The highest BCUT2D eigenvalue weighted by atomic mass is 16.5. The van der Waals surface area contributed by atoms with E-state index in [-0.39, 0.29) is 11.5 Å². The van der Waals surface area contributed by atoms with Crippen LogP contribution in [0.25, 0.3) is 175 Å². The van der Waals surface area contributed by atoms with Crippen LogP contribution in [0.4, 0.5) is 0 Å². The van der Waals surface area contributed by atoms with Crippen LogP contribution in [-0.4, -0.2) is 66.6 Å². The minimum Gasteiger partial charge on any atom is -0.508 e. The monoisotopic (exact) mass is 1690 g/mol. The molecule has 1 aliphatic carbocycles. The summed E-state index contributed by atoms with van der Waals surface area (Å²) in [6, 6.07) is 127. The lowest BCUT2D eigenvalue weighted by molar-refractivity contribution is 0.393. The fourth-order valence-electron chi connectivity index (χ4n) is 19.5. The van der Waals surface area contributed by atoms with Gasteiger partial charge in [0.1, 0.15) is 46.0 Å². The molecule has 0 fully saturated rings. The number of methoxy groups -OCH3 is 6. The zero-order chi connectivity index (χ0) is 88.5. The van der Waals surface area contributed by atoms with Crippen molar-refractivity contribution in [1.29, 1.82) is 0 Å². The summed E-state index contributed by atoms with van der Waals surface area (Å²) in [7, 11) is 9.92. The number of phenols is 2. The normalized spacial score (nSPS) is 11.6. The van der Waals surface area contributed by atoms with E-state index in [1.165, 1.54) is 185 Å². The molecule has 1 aliphatic rings. The lowest BCUT2D eigenvalue weighted by Gasteiger charge is -2.11. The third-order valence-corrected chi connectivity index (χ3v) is 25.5. The van der Waals surface area contributed by atoms with Crippen molar-refractivity contribution in [1.82, 2.24) is 13.7 Å². The number of hydrogen-bond donors (Lipinski definition) is 2. The number of nitrogens with zero attached hydrogens (tertiary/aromatic N) is 3. The van der Waals surface area contributed by atoms with Crippen LogP contribution in [0.1, 0.15) is 33.4 Å². The first-order chi connectivity index (χ1) is 63.9. The number of terminal acetylenes is 1. The molecule has 130 heavy (non-hydrogen) atoms. The fourth-order valence-corrected chi connectivity index (χ4v) is 19.5. The quantitative estimate of drug-likeness (QED) is 0.104. The van der Waals surface area contributed by atoms with Gasteiger partial charge >= 0.3 is 0 Å². The fraction of sp³-hybridized carbons (Fsp3) is 0.0924. The van der Waals surface area contributed by atoms with E-state index in [9.17, 15) is 10.2 Å². The Balaban J connectivity index is 0.000000105. The van der Waals surface area contributed by atoms with Crippen LogP contribution >= 0.6 is 0 Å². The molecule has 0 saturated carbocycles. The lowest BCUT2D eigenvalue weighted by atomic mass is 9.94. The summed E-state index contributed by atoms with van der Waals surface area (Å²) in [6.45, 7) is 1.62. The highest BCUT2D eigenvalue weighted by molar-refractivity contribution is 6.31. The van der Waals surface area contributed by atoms with Gasteiger partial charge in [-0.2, -0.15) is 0 Å². The van der Waals surface area contributed by atoms with E-state index in [2.05, 4.69) is 335 Å². The molecule has 24 rings (SSSR count). The van der Waals surface area contributed by atoms with E-state index in [0.717, 1.165) is 65.6 Å². The largest absolute Gasteiger partial charge is 0.508 e. The second-order valence-electron chi connectivity index (χ2n) is 32.9. The maximum absolute atomic E-state index is 9.86. The van der Waals surface area contributed by atoms with Gasteiger partial charge in [-0.05, 0) is 235 Å². The number of ether oxygens (including phenoxy) is 6. The summed E-state index contributed by atoms with van der Waals surface area (Å²) in [6.07, 6.45) is 12.1. The van der Waals surface area contributed by atoms with Crippen molar-refractivity contribution < 1.29 is 38.6 Å². The van der Waals surface area contributed by atoms with E-state index >= 15 is 0 Å². The summed E-state index contributed by atoms with van der Waals surface area (Å²) in [5.74, 6) is 7.31. The van der Waals surface area contributed by atoms with Gasteiger partial charge in [-0.1, -0.05) is 261 Å². The van der Waals surface area contributed by atoms with Gasteiger partial charge in [0.25, 0.3) is 0 Å². The highest BCUT2D eigenvalue weighted by Crippen LogP contribution is 2.47. The minimum atomic E-state index is 0.0919. The number of aromatic hydroxyl groups is 2. The Bertz CT molecular complexity index is 7980. The van der Waals surface area contributed by atoms with Crippen LogP contribution in [0.2, 0.25) is 0 Å². The third-order valence-electron chi connectivity index (χ3n) is 25.5. The summed E-state index contributed by atoms with van der Waals surface area (Å²) >= 11 is 0. The molecule has 11 heteroatoms. The Morgan fingerprint density at radius 1 is 0.285 bits per heavy atom. The Kier molecular flexibility index (Phi) is 22.4. The van der Waals surface area contributed by atoms with Crippen LogP contribution in [0.15, 0.2) is 364 Å². The van der Waals surface area contributed by atoms with Crippen LogP contribution in [0.3, 0.4) is 0 Å². The van der Waals surface area contributed by atoms with Crippen molar-refractivity contribution in [2.24, 2.45) is 0 Å². The number of aryl methyl sites for hydroxylation is 4. The van der Waals surface area contributed by atoms with E-state index < -0.39 is 0 Å². The van der Waals surface area contributed by atoms with Crippen molar-refractivity contribution >= 4 is 164 Å². The molecule has 0 amide bonds. The molecule has 0 radical (unpaired) electrons. The number of aromatic nitrogens is 3. The van der Waals surface area contributed by atoms with Crippen LogP contribution in [0.5, 0.6) is 46.0 Å². The molecule has 0 aliphatic heterocycles. The van der Waals surface area contributed by atoms with E-state index in [1.54, 1.807) is 73.0 Å². The first-order valence-electron chi connectivity index (χ1n) is 43.8. The summed E-state index contributed by atoms with van der Waals surface area (Å²) < 4.78 is 39.0. The molecule has 2 N–H and O–H groups in total. The third kappa shape index (κ3) is 15.5. The first-order valence-corrected chi connectivity index (χ1v) is 43.8. The van der Waals surface area contributed by atoms with Gasteiger partial charge < -0.3 is 52.3 Å². The van der Waals surface area contributed by atoms with Gasteiger partial charge in [0, 0.05) is 104 Å². The number of phenolic OH excluding ortho intramolecular Hbond substituents is 2. The Morgan fingerprint density at radius 3 is 0.862 bits per heavy atom. The first kappa shape index (κ1) is 81.9. The zero-order valence-electron chi connectivity index (χ0n) is 73.1. The molecule has 0 bridgehead atoms. The molecule has 0 atom stereocenters. The Morgan fingerprint density at radius 2 is 0.546 bits per heavy atom. The molecule has 20 aromatic carbocycles. The number of fused-ring (bicyclic) bond motifs is 28. The van der Waals surface area contributed by atoms with Crippen molar-refractivity contribution in [3.05, 3.63) is 397 Å². The highest BCUT2D eigenvalue weighted by Gasteiger charge is 2.25. The molecule has 0 spiro atoms. The molecule has 3 heterocycles. The molecule has 3 aromatic heterocycles. The molecule has 23 aromatic rings. The SMILES string of the molecule is C#Cc1cc(OC)cc(OC)c1.COc1cc(C=Cn2c3ccc4ccccc4c3c3c4ccccc4ccc32)cc(OC)c1.COc1cc(CCn2c3ccc4ccccc4c3c3c4ccccc4ccc32)cc(OC)c1.Oc1cc(O)cc(CCn2c3ccc4ccccc4c3c3c4ccccc4ccc32)c1.c1ccc2c3c(ccc2c1)Cc1ccc2ccccc2c1-3. The van der Waals surface area contributed by atoms with Gasteiger partial charge in [-0.15, -0.1) is 6.42 Å². The number of hydrogen-bond acceptors (Lipinski definition) is 8. The van der Waals surface area contributed by atoms with Crippen molar-refractivity contribution in [3.63, 3.8) is 0 Å². The topological polar surface area (TPSA) is 111 Å². The van der Waals surface area contributed by atoms with E-state index in [1.807, 2.05) is 24.3 Å². The number of benzene rings is 20. The Hall–Kier alpha value is -16.4. The Labute approximate surface area is 753 Å². The molecular weight excluding hydrogens is 1600 g/mol. The average Bonchev–Trinajstić information content (AvgIpc) is 1.58. The second-order valence-corrected chi connectivity index (χ2v) is 32.9. The average molecular weight is 1690 g/mol. The number of rotatable bonds is 14. The lowest BCUT2D eigenvalue weighted by Crippen LogP contribution is -2.02. The molecule has 0 saturated heterocycles. The van der Waals surface area contributed by atoms with Gasteiger partial charge in [0.05, 0.1) is 53.7 Å². The van der Waals surface area contributed by atoms with Gasteiger partial charge in [-0.3, -0.25) is 0 Å². The van der Waals surface area contributed by atoms with E-state index in [4.69, 9.17) is 34.8 Å². The smallest absolute Gasteiger partial charge is 0.123 e. The molecular formula is C119H93N3O8. The van der Waals surface area contributed by atoms with Crippen LogP contribution in [0, 0.1) is 12.3 Å². The van der Waals surface area contributed by atoms with Crippen molar-refractivity contribution in [2.75, 3.05) is 42.7 Å².